The Labute approximate surface area is 193 Å². The third-order valence-corrected chi connectivity index (χ3v) is 5.74. The number of carbonyl (C=O) groups is 2. The molecule has 1 aromatic heterocycles. The highest BCUT2D eigenvalue weighted by atomic mass is 16.5. The van der Waals surface area contributed by atoms with Gasteiger partial charge in [0.15, 0.2) is 0 Å². The van der Waals surface area contributed by atoms with Crippen molar-refractivity contribution in [2.45, 2.75) is 32.7 Å². The third-order valence-electron chi connectivity index (χ3n) is 5.74. The number of aliphatic hydroxyl groups excluding tert-OH is 1. The molecule has 6 heteroatoms. The molecule has 1 aliphatic rings. The molecule has 1 saturated heterocycles. The average molecular weight is 443 g/mol. The lowest BCUT2D eigenvalue weighted by molar-refractivity contribution is -0.132. The zero-order chi connectivity index (χ0) is 23.5. The molecule has 0 spiro atoms. The van der Waals surface area contributed by atoms with Crippen molar-refractivity contribution >= 4 is 23.1 Å². The molecule has 168 valence electrons. The molecule has 0 bridgehead atoms. The number of amides is 1. The fourth-order valence-corrected chi connectivity index (χ4v) is 4.01. The minimum absolute atomic E-state index is 0.0531. The Morgan fingerprint density at radius 2 is 1.64 bits per heavy atom. The zero-order valence-electron chi connectivity index (χ0n) is 18.9. The van der Waals surface area contributed by atoms with E-state index in [1.165, 1.54) is 17.3 Å². The number of anilines is 1. The van der Waals surface area contributed by atoms with Crippen LogP contribution in [0, 0.1) is 0 Å². The van der Waals surface area contributed by atoms with Gasteiger partial charge in [0.2, 0.25) is 0 Å². The quantitative estimate of drug-likeness (QED) is 0.321. The van der Waals surface area contributed by atoms with Gasteiger partial charge in [0.1, 0.15) is 11.5 Å². The molecular formula is C27H26N2O4. The maximum atomic E-state index is 13.2. The predicted molar refractivity (Wildman–Crippen MR) is 127 cm³/mol. The molecule has 2 aromatic carbocycles. The van der Waals surface area contributed by atoms with Gasteiger partial charge in [0.25, 0.3) is 11.7 Å². The number of carbonyl (C=O) groups excluding carboxylic acids is 2. The summed E-state index contributed by atoms with van der Waals surface area (Å²) in [5.41, 5.74) is 2.91. The highest BCUT2D eigenvalue weighted by Crippen LogP contribution is 2.42. The lowest BCUT2D eigenvalue weighted by atomic mass is 9.93. The van der Waals surface area contributed by atoms with Gasteiger partial charge in [-0.15, -0.1) is 0 Å². The Kier molecular flexibility index (Phi) is 6.27. The standard InChI is InChI=1S/C27H26N2O4/c1-4-33-22-11-9-21(10-12-22)29-24(19-7-5-18(6-8-19)17(2)3)23(26(31)27(29)32)25(30)20-13-15-28-16-14-20/h5-17,24,30H,4H2,1-3H3/b25-23-. The monoisotopic (exact) mass is 442 g/mol. The smallest absolute Gasteiger partial charge is 0.300 e. The minimum atomic E-state index is -0.766. The Balaban J connectivity index is 1.87. The van der Waals surface area contributed by atoms with Gasteiger partial charge in [0.05, 0.1) is 18.2 Å². The van der Waals surface area contributed by atoms with E-state index in [9.17, 15) is 14.7 Å². The van der Waals surface area contributed by atoms with Gasteiger partial charge < -0.3 is 9.84 Å². The van der Waals surface area contributed by atoms with Crippen LogP contribution in [0.4, 0.5) is 5.69 Å². The first-order chi connectivity index (χ1) is 15.9. The molecule has 1 N–H and O–H groups in total. The van der Waals surface area contributed by atoms with Crippen LogP contribution in [0.1, 0.15) is 49.4 Å². The number of hydrogen-bond acceptors (Lipinski definition) is 5. The lowest BCUT2D eigenvalue weighted by Crippen LogP contribution is -2.29. The maximum absolute atomic E-state index is 13.2. The van der Waals surface area contributed by atoms with Crippen molar-refractivity contribution in [1.82, 2.24) is 4.98 Å². The predicted octanol–water partition coefficient (Wildman–Crippen LogP) is 5.23. The molecule has 33 heavy (non-hydrogen) atoms. The van der Waals surface area contributed by atoms with Crippen LogP contribution in [0.3, 0.4) is 0 Å². The summed E-state index contributed by atoms with van der Waals surface area (Å²) in [6.07, 6.45) is 3.06. The molecule has 0 saturated carbocycles. The molecule has 0 radical (unpaired) electrons. The number of nitrogens with zero attached hydrogens (tertiary/aromatic N) is 2. The van der Waals surface area contributed by atoms with E-state index in [4.69, 9.17) is 4.74 Å². The van der Waals surface area contributed by atoms with E-state index in [0.717, 1.165) is 11.1 Å². The van der Waals surface area contributed by atoms with E-state index >= 15 is 0 Å². The number of ether oxygens (including phenoxy) is 1. The number of aromatic nitrogens is 1. The van der Waals surface area contributed by atoms with Crippen molar-refractivity contribution < 1.29 is 19.4 Å². The first-order valence-electron chi connectivity index (χ1n) is 11.0. The summed E-state index contributed by atoms with van der Waals surface area (Å²) in [5.74, 6) is -0.619. The van der Waals surface area contributed by atoms with E-state index < -0.39 is 17.7 Å². The molecule has 2 heterocycles. The van der Waals surface area contributed by atoms with Gasteiger partial charge in [-0.25, -0.2) is 0 Å². The van der Waals surface area contributed by atoms with Crippen LogP contribution in [0.25, 0.3) is 5.76 Å². The number of Topliss-reactive ketones (excluding diaryl/α,β-unsaturated/α-hetero) is 1. The van der Waals surface area contributed by atoms with E-state index in [-0.39, 0.29) is 11.3 Å². The van der Waals surface area contributed by atoms with E-state index in [0.29, 0.717) is 29.5 Å². The van der Waals surface area contributed by atoms with Gasteiger partial charge in [-0.3, -0.25) is 19.5 Å². The van der Waals surface area contributed by atoms with Gasteiger partial charge >= 0.3 is 0 Å². The van der Waals surface area contributed by atoms with Crippen molar-refractivity contribution in [2.75, 3.05) is 11.5 Å². The molecule has 0 aliphatic carbocycles. The third kappa shape index (κ3) is 4.24. The van der Waals surface area contributed by atoms with E-state index in [2.05, 4.69) is 18.8 Å². The first-order valence-corrected chi connectivity index (χ1v) is 11.0. The Morgan fingerprint density at radius 3 is 2.21 bits per heavy atom. The summed E-state index contributed by atoms with van der Waals surface area (Å²) in [7, 11) is 0. The topological polar surface area (TPSA) is 79.7 Å². The summed E-state index contributed by atoms with van der Waals surface area (Å²) in [4.78, 5) is 31.8. The summed E-state index contributed by atoms with van der Waals surface area (Å²) in [5, 5.41) is 11.1. The fraction of sp³-hybridized carbons (Fsp3) is 0.222. The van der Waals surface area contributed by atoms with Gasteiger partial charge in [-0.05, 0) is 60.4 Å². The minimum Gasteiger partial charge on any atom is -0.507 e. The van der Waals surface area contributed by atoms with Crippen molar-refractivity contribution in [3.05, 3.63) is 95.3 Å². The molecule has 1 amide bonds. The molecule has 4 rings (SSSR count). The molecule has 3 aromatic rings. The fourth-order valence-electron chi connectivity index (χ4n) is 4.01. The van der Waals surface area contributed by atoms with Crippen LogP contribution in [0.15, 0.2) is 78.6 Å². The van der Waals surface area contributed by atoms with Gasteiger partial charge in [0, 0.05) is 23.6 Å². The summed E-state index contributed by atoms with van der Waals surface area (Å²) >= 11 is 0. The number of benzene rings is 2. The maximum Gasteiger partial charge on any atom is 0.300 e. The SMILES string of the molecule is CCOc1ccc(N2C(=O)C(=O)/C(=C(\O)c3ccncc3)C2c2ccc(C(C)C)cc2)cc1. The molecule has 1 unspecified atom stereocenters. The second-order valence-corrected chi connectivity index (χ2v) is 8.15. The number of ketones is 1. The van der Waals surface area contributed by atoms with Gasteiger partial charge in [-0.2, -0.15) is 0 Å². The van der Waals surface area contributed by atoms with Crippen LogP contribution in [-0.2, 0) is 9.59 Å². The van der Waals surface area contributed by atoms with Crippen molar-refractivity contribution in [1.29, 1.82) is 0 Å². The van der Waals surface area contributed by atoms with Crippen molar-refractivity contribution in [3.8, 4) is 5.75 Å². The highest BCUT2D eigenvalue weighted by Gasteiger charge is 2.46. The summed E-state index contributed by atoms with van der Waals surface area (Å²) in [6.45, 7) is 6.62. The zero-order valence-corrected chi connectivity index (χ0v) is 18.9. The molecule has 1 aliphatic heterocycles. The molecular weight excluding hydrogens is 416 g/mol. The summed E-state index contributed by atoms with van der Waals surface area (Å²) < 4.78 is 5.51. The van der Waals surface area contributed by atoms with Crippen molar-refractivity contribution in [2.24, 2.45) is 0 Å². The number of rotatable bonds is 6. The van der Waals surface area contributed by atoms with Crippen LogP contribution in [0.2, 0.25) is 0 Å². The first kappa shape index (κ1) is 22.3. The second-order valence-electron chi connectivity index (χ2n) is 8.15. The number of pyridine rings is 1. The highest BCUT2D eigenvalue weighted by molar-refractivity contribution is 6.51. The molecule has 6 nitrogen and oxygen atoms in total. The van der Waals surface area contributed by atoms with E-state index in [1.807, 2.05) is 31.2 Å². The van der Waals surface area contributed by atoms with Gasteiger partial charge in [-0.1, -0.05) is 38.1 Å². The van der Waals surface area contributed by atoms with Crippen LogP contribution in [-0.4, -0.2) is 28.4 Å². The normalized spacial score (nSPS) is 17.6. The van der Waals surface area contributed by atoms with Crippen LogP contribution >= 0.6 is 0 Å². The van der Waals surface area contributed by atoms with Crippen LogP contribution in [0.5, 0.6) is 5.75 Å². The summed E-state index contributed by atoms with van der Waals surface area (Å²) in [6, 6.07) is 17.3. The Bertz CT molecular complexity index is 1180. The largest absolute Gasteiger partial charge is 0.507 e. The van der Waals surface area contributed by atoms with Crippen LogP contribution < -0.4 is 9.64 Å². The van der Waals surface area contributed by atoms with E-state index in [1.54, 1.807) is 36.4 Å². The second kappa shape index (κ2) is 9.28. The lowest BCUT2D eigenvalue weighted by Gasteiger charge is -2.26. The Morgan fingerprint density at radius 1 is 1.00 bits per heavy atom. The number of hydrogen-bond donors (Lipinski definition) is 1. The number of aliphatic hydroxyl groups is 1. The average Bonchev–Trinajstić information content (AvgIpc) is 3.10. The Hall–Kier alpha value is -3.93. The molecule has 1 atom stereocenters. The molecule has 1 fully saturated rings. The van der Waals surface area contributed by atoms with Crippen molar-refractivity contribution in [3.63, 3.8) is 0 Å².